The molecule has 0 spiro atoms. The second-order valence-electron chi connectivity index (χ2n) is 7.05. The van der Waals surface area contributed by atoms with Crippen molar-refractivity contribution in [2.24, 2.45) is 0 Å². The summed E-state index contributed by atoms with van der Waals surface area (Å²) in [5.74, 6) is 0.736. The average Bonchev–Trinajstić information content (AvgIpc) is 2.79. The molecule has 2 heterocycles. The van der Waals surface area contributed by atoms with E-state index >= 15 is 0 Å². The maximum Gasteiger partial charge on any atom is 0.126 e. The summed E-state index contributed by atoms with van der Waals surface area (Å²) in [5.41, 5.74) is 5.91. The van der Waals surface area contributed by atoms with Crippen molar-refractivity contribution in [3.8, 4) is 33.8 Å². The fraction of sp³-hybridized carbons (Fsp3) is 0.0385. The Hall–Kier alpha value is -3.85. The van der Waals surface area contributed by atoms with Crippen LogP contribution in [0.5, 0.6) is 0 Å². The predicted molar refractivity (Wildman–Crippen MR) is 118 cm³/mol. The standard InChI is InChI=1S/C26H19N3/c1-18-28-25(22-12-11-20-9-5-6-10-21(20)15-22)16-26(29-18)24-14-13-23(17-27-24)19-7-3-2-4-8-19/h2-17H,1H3. The lowest BCUT2D eigenvalue weighted by Gasteiger charge is -2.08. The highest BCUT2D eigenvalue weighted by Gasteiger charge is 2.09. The van der Waals surface area contributed by atoms with Gasteiger partial charge < -0.3 is 0 Å². The Labute approximate surface area is 169 Å². The molecule has 3 aromatic carbocycles. The van der Waals surface area contributed by atoms with Crippen molar-refractivity contribution in [2.75, 3.05) is 0 Å². The number of hydrogen-bond acceptors (Lipinski definition) is 3. The molecule has 0 fully saturated rings. The van der Waals surface area contributed by atoms with E-state index in [4.69, 9.17) is 0 Å². The molecule has 5 aromatic rings. The van der Waals surface area contributed by atoms with E-state index in [1.165, 1.54) is 10.8 Å². The summed E-state index contributed by atoms with van der Waals surface area (Å²) in [4.78, 5) is 13.9. The van der Waals surface area contributed by atoms with E-state index in [0.717, 1.165) is 39.6 Å². The van der Waals surface area contributed by atoms with Crippen LogP contribution >= 0.6 is 0 Å². The zero-order valence-electron chi connectivity index (χ0n) is 16.1. The zero-order valence-corrected chi connectivity index (χ0v) is 16.1. The number of fused-ring (bicyclic) bond motifs is 1. The van der Waals surface area contributed by atoms with Gasteiger partial charge in [0, 0.05) is 17.3 Å². The number of benzene rings is 3. The van der Waals surface area contributed by atoms with Crippen molar-refractivity contribution in [3.63, 3.8) is 0 Å². The Bertz CT molecular complexity index is 1290. The maximum atomic E-state index is 4.66. The first kappa shape index (κ1) is 17.3. The van der Waals surface area contributed by atoms with Crippen LogP contribution in [0.15, 0.2) is 97.2 Å². The van der Waals surface area contributed by atoms with Gasteiger partial charge in [0.15, 0.2) is 0 Å². The van der Waals surface area contributed by atoms with E-state index in [1.54, 1.807) is 0 Å². The summed E-state index contributed by atoms with van der Waals surface area (Å²) in [6.45, 7) is 1.92. The van der Waals surface area contributed by atoms with Gasteiger partial charge in [0.2, 0.25) is 0 Å². The highest BCUT2D eigenvalue weighted by Crippen LogP contribution is 2.27. The van der Waals surface area contributed by atoms with Gasteiger partial charge in [-0.2, -0.15) is 0 Å². The van der Waals surface area contributed by atoms with E-state index in [-0.39, 0.29) is 0 Å². The molecule has 0 N–H and O–H groups in total. The summed E-state index contributed by atoms with van der Waals surface area (Å²) >= 11 is 0. The quantitative estimate of drug-likeness (QED) is 0.371. The van der Waals surface area contributed by atoms with Gasteiger partial charge in [0.05, 0.1) is 17.1 Å². The van der Waals surface area contributed by atoms with E-state index in [0.29, 0.717) is 0 Å². The summed E-state index contributed by atoms with van der Waals surface area (Å²) < 4.78 is 0. The second kappa shape index (κ2) is 7.28. The van der Waals surface area contributed by atoms with E-state index in [1.807, 2.05) is 43.5 Å². The van der Waals surface area contributed by atoms with Gasteiger partial charge in [-0.15, -0.1) is 0 Å². The Balaban J connectivity index is 1.53. The molecule has 2 aromatic heterocycles. The third-order valence-electron chi connectivity index (χ3n) is 5.02. The summed E-state index contributed by atoms with van der Waals surface area (Å²) in [5, 5.41) is 2.42. The molecule has 0 bridgehead atoms. The smallest absolute Gasteiger partial charge is 0.126 e. The Morgan fingerprint density at radius 2 is 1.24 bits per heavy atom. The Kier molecular flexibility index (Phi) is 4.34. The van der Waals surface area contributed by atoms with Crippen LogP contribution in [0.2, 0.25) is 0 Å². The normalized spacial score (nSPS) is 10.9. The fourth-order valence-corrected chi connectivity index (χ4v) is 3.54. The molecular formula is C26H19N3. The first-order valence-corrected chi connectivity index (χ1v) is 9.63. The number of aryl methyl sites for hydroxylation is 1. The van der Waals surface area contributed by atoms with Crippen molar-refractivity contribution in [1.29, 1.82) is 0 Å². The van der Waals surface area contributed by atoms with Crippen molar-refractivity contribution < 1.29 is 0 Å². The second-order valence-corrected chi connectivity index (χ2v) is 7.05. The molecule has 0 atom stereocenters. The largest absolute Gasteiger partial charge is 0.254 e. The van der Waals surface area contributed by atoms with Crippen LogP contribution in [0.25, 0.3) is 44.5 Å². The Morgan fingerprint density at radius 1 is 0.517 bits per heavy atom. The molecule has 0 aliphatic heterocycles. The van der Waals surface area contributed by atoms with Crippen molar-refractivity contribution in [1.82, 2.24) is 15.0 Å². The van der Waals surface area contributed by atoms with Crippen LogP contribution in [0.1, 0.15) is 5.82 Å². The van der Waals surface area contributed by atoms with Gasteiger partial charge in [0.25, 0.3) is 0 Å². The van der Waals surface area contributed by atoms with Crippen LogP contribution in [0, 0.1) is 6.92 Å². The van der Waals surface area contributed by atoms with Gasteiger partial charge in [-0.1, -0.05) is 72.8 Å². The van der Waals surface area contributed by atoms with Crippen LogP contribution in [-0.4, -0.2) is 15.0 Å². The molecule has 3 nitrogen and oxygen atoms in total. The average molecular weight is 373 g/mol. The minimum Gasteiger partial charge on any atom is -0.254 e. The van der Waals surface area contributed by atoms with Crippen molar-refractivity contribution >= 4 is 10.8 Å². The molecule has 138 valence electrons. The van der Waals surface area contributed by atoms with Crippen LogP contribution < -0.4 is 0 Å². The number of aromatic nitrogens is 3. The molecule has 3 heteroatoms. The SMILES string of the molecule is Cc1nc(-c2ccc3ccccc3c2)cc(-c2ccc(-c3ccccc3)cn2)n1. The van der Waals surface area contributed by atoms with Crippen molar-refractivity contribution in [2.45, 2.75) is 6.92 Å². The molecule has 0 aliphatic carbocycles. The third kappa shape index (κ3) is 3.50. The summed E-state index contributed by atoms with van der Waals surface area (Å²) in [7, 11) is 0. The van der Waals surface area contributed by atoms with Crippen LogP contribution in [0.3, 0.4) is 0 Å². The van der Waals surface area contributed by atoms with Gasteiger partial charge in [-0.3, -0.25) is 4.98 Å². The first-order valence-electron chi connectivity index (χ1n) is 9.63. The molecule has 0 radical (unpaired) electrons. The molecule has 0 amide bonds. The van der Waals surface area contributed by atoms with Gasteiger partial charge in [0.1, 0.15) is 5.82 Å². The van der Waals surface area contributed by atoms with Crippen LogP contribution in [-0.2, 0) is 0 Å². The fourth-order valence-electron chi connectivity index (χ4n) is 3.54. The minimum absolute atomic E-state index is 0.736. The lowest BCUT2D eigenvalue weighted by Crippen LogP contribution is -1.96. The maximum absolute atomic E-state index is 4.66. The third-order valence-corrected chi connectivity index (χ3v) is 5.02. The molecule has 0 saturated heterocycles. The molecule has 0 saturated carbocycles. The number of nitrogens with zero attached hydrogens (tertiary/aromatic N) is 3. The molecular weight excluding hydrogens is 354 g/mol. The van der Waals surface area contributed by atoms with E-state index in [2.05, 4.69) is 75.6 Å². The highest BCUT2D eigenvalue weighted by molar-refractivity contribution is 5.87. The Morgan fingerprint density at radius 3 is 2.03 bits per heavy atom. The first-order chi connectivity index (χ1) is 14.3. The van der Waals surface area contributed by atoms with Crippen molar-refractivity contribution in [3.05, 3.63) is 103 Å². The minimum atomic E-state index is 0.736. The zero-order chi connectivity index (χ0) is 19.6. The highest BCUT2D eigenvalue weighted by atomic mass is 14.9. The molecule has 5 rings (SSSR count). The number of rotatable bonds is 3. The van der Waals surface area contributed by atoms with Gasteiger partial charge in [-0.25, -0.2) is 9.97 Å². The predicted octanol–water partition coefficient (Wildman–Crippen LogP) is 6.33. The molecule has 0 aliphatic rings. The molecule has 29 heavy (non-hydrogen) atoms. The van der Waals surface area contributed by atoms with Crippen LogP contribution in [0.4, 0.5) is 0 Å². The van der Waals surface area contributed by atoms with E-state index < -0.39 is 0 Å². The summed E-state index contributed by atoms with van der Waals surface area (Å²) in [6, 6.07) is 31.2. The van der Waals surface area contributed by atoms with E-state index in [9.17, 15) is 0 Å². The van der Waals surface area contributed by atoms with Gasteiger partial charge in [-0.05, 0) is 41.5 Å². The monoisotopic (exact) mass is 373 g/mol. The summed E-state index contributed by atoms with van der Waals surface area (Å²) in [6.07, 6.45) is 1.90. The number of pyridine rings is 1. The van der Waals surface area contributed by atoms with Gasteiger partial charge >= 0.3 is 0 Å². The lowest BCUT2D eigenvalue weighted by atomic mass is 10.0. The molecule has 0 unspecified atom stereocenters. The topological polar surface area (TPSA) is 38.7 Å². The lowest BCUT2D eigenvalue weighted by molar-refractivity contribution is 1.06. The number of hydrogen-bond donors (Lipinski definition) is 0.